The van der Waals surface area contributed by atoms with Crippen LogP contribution in [-0.2, 0) is 11.3 Å². The quantitative estimate of drug-likeness (QED) is 0.716. The van der Waals surface area contributed by atoms with Crippen molar-refractivity contribution >= 4 is 17.5 Å². The zero-order valence-electron chi connectivity index (χ0n) is 12.5. The maximum atomic E-state index is 11.8. The minimum absolute atomic E-state index is 0.0104. The highest BCUT2D eigenvalue weighted by molar-refractivity contribution is 6.30. The number of hydrogen-bond donors (Lipinski definition) is 2. The van der Waals surface area contributed by atoms with E-state index in [0.29, 0.717) is 31.3 Å². The number of nitrogens with one attached hydrogen (secondary N) is 2. The first-order valence-electron chi connectivity index (χ1n) is 7.12. The van der Waals surface area contributed by atoms with E-state index in [-0.39, 0.29) is 5.91 Å². The van der Waals surface area contributed by atoms with Crippen LogP contribution < -0.4 is 15.0 Å². The Labute approximate surface area is 134 Å². The van der Waals surface area contributed by atoms with Crippen LogP contribution in [0.5, 0.6) is 5.75 Å². The molecule has 0 bridgehead atoms. The predicted molar refractivity (Wildman–Crippen MR) is 84.1 cm³/mol. The molecule has 1 unspecified atom stereocenters. The summed E-state index contributed by atoms with van der Waals surface area (Å²) in [6, 6.07) is 10.9. The van der Waals surface area contributed by atoms with E-state index in [9.17, 15) is 4.79 Å². The van der Waals surface area contributed by atoms with Gasteiger partial charge in [0.25, 0.3) is 5.91 Å². The third kappa shape index (κ3) is 5.79. The standard InChI is InChI=1S/C16H19ClN2O3/c1-19(11-15-3-2-9-21-15)12-16(20)18-8-10-22-14-6-4-13(17)5-7-14/h2-7,9H,8,10-12H2,1H3,(H,18,20)/p+1. The van der Waals surface area contributed by atoms with Crippen LogP contribution in [0.25, 0.3) is 0 Å². The van der Waals surface area contributed by atoms with E-state index in [1.165, 1.54) is 0 Å². The van der Waals surface area contributed by atoms with Crippen LogP contribution >= 0.6 is 11.6 Å². The van der Waals surface area contributed by atoms with E-state index < -0.39 is 0 Å². The molecule has 6 heteroatoms. The molecular formula is C16H20ClN2O3+. The highest BCUT2D eigenvalue weighted by Gasteiger charge is 2.11. The molecule has 1 aromatic carbocycles. The van der Waals surface area contributed by atoms with Gasteiger partial charge >= 0.3 is 0 Å². The van der Waals surface area contributed by atoms with Crippen LogP contribution in [0.2, 0.25) is 5.02 Å². The molecular weight excluding hydrogens is 304 g/mol. The first-order chi connectivity index (χ1) is 10.6. The first-order valence-corrected chi connectivity index (χ1v) is 7.50. The van der Waals surface area contributed by atoms with Crippen molar-refractivity contribution in [1.29, 1.82) is 0 Å². The Morgan fingerprint density at radius 1 is 1.32 bits per heavy atom. The van der Waals surface area contributed by atoms with Crippen LogP contribution in [0.1, 0.15) is 5.76 Å². The van der Waals surface area contributed by atoms with Gasteiger partial charge in [-0.2, -0.15) is 0 Å². The van der Waals surface area contributed by atoms with E-state index in [1.54, 1.807) is 30.5 Å². The number of carbonyl (C=O) groups excluding carboxylic acids is 1. The number of carbonyl (C=O) groups is 1. The summed E-state index contributed by atoms with van der Waals surface area (Å²) in [5.41, 5.74) is 0. The van der Waals surface area contributed by atoms with Gasteiger partial charge in [-0.05, 0) is 36.4 Å². The predicted octanol–water partition coefficient (Wildman–Crippen LogP) is 1.14. The Bertz CT molecular complexity index is 570. The molecule has 0 aliphatic heterocycles. The Kier molecular flexibility index (Phi) is 6.30. The van der Waals surface area contributed by atoms with Crippen LogP contribution in [0, 0.1) is 0 Å². The molecule has 1 aromatic heterocycles. The fourth-order valence-electron chi connectivity index (χ4n) is 2.00. The number of amides is 1. The van der Waals surface area contributed by atoms with Gasteiger partial charge in [0.15, 0.2) is 12.3 Å². The van der Waals surface area contributed by atoms with Crippen LogP contribution in [0.15, 0.2) is 47.1 Å². The van der Waals surface area contributed by atoms with Gasteiger partial charge in [0.2, 0.25) is 0 Å². The van der Waals surface area contributed by atoms with E-state index in [1.807, 2.05) is 19.2 Å². The number of hydrogen-bond acceptors (Lipinski definition) is 3. The summed E-state index contributed by atoms with van der Waals surface area (Å²) in [6.07, 6.45) is 1.64. The molecule has 0 saturated heterocycles. The largest absolute Gasteiger partial charge is 0.492 e. The fraction of sp³-hybridized carbons (Fsp3) is 0.312. The smallest absolute Gasteiger partial charge is 0.275 e. The molecule has 22 heavy (non-hydrogen) atoms. The summed E-state index contributed by atoms with van der Waals surface area (Å²) in [6.45, 7) is 1.96. The Morgan fingerprint density at radius 2 is 2.09 bits per heavy atom. The maximum absolute atomic E-state index is 11.8. The summed E-state index contributed by atoms with van der Waals surface area (Å²) < 4.78 is 10.8. The second-order valence-electron chi connectivity index (χ2n) is 5.04. The van der Waals surface area contributed by atoms with Gasteiger partial charge in [-0.3, -0.25) is 4.79 Å². The third-order valence-corrected chi connectivity index (χ3v) is 3.28. The molecule has 0 aliphatic carbocycles. The van der Waals surface area contributed by atoms with E-state index >= 15 is 0 Å². The lowest BCUT2D eigenvalue weighted by molar-refractivity contribution is -0.886. The molecule has 1 amide bonds. The van der Waals surface area contributed by atoms with Gasteiger partial charge in [-0.1, -0.05) is 11.6 Å². The number of quaternary nitrogens is 1. The molecule has 2 rings (SSSR count). The van der Waals surface area contributed by atoms with Crippen molar-refractivity contribution in [1.82, 2.24) is 5.32 Å². The van der Waals surface area contributed by atoms with Crippen LogP contribution in [0.4, 0.5) is 0 Å². The molecule has 2 aromatic rings. The van der Waals surface area contributed by atoms with Gasteiger partial charge in [0, 0.05) is 5.02 Å². The van der Waals surface area contributed by atoms with E-state index in [0.717, 1.165) is 16.4 Å². The molecule has 118 valence electrons. The van der Waals surface area contributed by atoms with Crippen molar-refractivity contribution in [3.63, 3.8) is 0 Å². The van der Waals surface area contributed by atoms with Gasteiger partial charge in [-0.25, -0.2) is 0 Å². The fourth-order valence-corrected chi connectivity index (χ4v) is 2.13. The third-order valence-electron chi connectivity index (χ3n) is 3.03. The van der Waals surface area contributed by atoms with Crippen molar-refractivity contribution < 1.29 is 18.8 Å². The minimum Gasteiger partial charge on any atom is -0.492 e. The minimum atomic E-state index is -0.0104. The number of benzene rings is 1. The number of halogens is 1. The SMILES string of the molecule is C[NH+](CC(=O)NCCOc1ccc(Cl)cc1)Cc1ccco1. The Hall–Kier alpha value is -1.98. The number of likely N-dealkylation sites (N-methyl/N-ethyl adjacent to an activating group) is 1. The molecule has 1 atom stereocenters. The molecule has 0 spiro atoms. The molecule has 0 fully saturated rings. The number of ether oxygens (including phenoxy) is 1. The number of furan rings is 1. The molecule has 5 nitrogen and oxygen atoms in total. The molecule has 2 N–H and O–H groups in total. The van der Waals surface area contributed by atoms with Gasteiger partial charge in [0.1, 0.15) is 18.9 Å². The van der Waals surface area contributed by atoms with Crippen molar-refractivity contribution in [3.05, 3.63) is 53.4 Å². The lowest BCUT2D eigenvalue weighted by atomic mass is 10.3. The van der Waals surface area contributed by atoms with Crippen molar-refractivity contribution in [2.24, 2.45) is 0 Å². The van der Waals surface area contributed by atoms with E-state index in [4.69, 9.17) is 20.8 Å². The molecule has 0 aliphatic rings. The number of rotatable bonds is 8. The van der Waals surface area contributed by atoms with Crippen molar-refractivity contribution in [2.45, 2.75) is 6.54 Å². The van der Waals surface area contributed by atoms with Crippen molar-refractivity contribution in [3.8, 4) is 5.75 Å². The van der Waals surface area contributed by atoms with Crippen molar-refractivity contribution in [2.75, 3.05) is 26.7 Å². The van der Waals surface area contributed by atoms with Crippen LogP contribution in [0.3, 0.4) is 0 Å². The molecule has 0 saturated carbocycles. The topological polar surface area (TPSA) is 55.9 Å². The highest BCUT2D eigenvalue weighted by atomic mass is 35.5. The lowest BCUT2D eigenvalue weighted by Crippen LogP contribution is -3.08. The average molecular weight is 324 g/mol. The van der Waals surface area contributed by atoms with Gasteiger partial charge in [0.05, 0.1) is 19.9 Å². The van der Waals surface area contributed by atoms with Crippen LogP contribution in [-0.4, -0.2) is 32.7 Å². The zero-order valence-corrected chi connectivity index (χ0v) is 13.2. The first kappa shape index (κ1) is 16.4. The van der Waals surface area contributed by atoms with Gasteiger partial charge < -0.3 is 19.4 Å². The summed E-state index contributed by atoms with van der Waals surface area (Å²) in [5, 5.41) is 3.50. The Morgan fingerprint density at radius 3 is 2.77 bits per heavy atom. The lowest BCUT2D eigenvalue weighted by Gasteiger charge is -2.12. The summed E-state index contributed by atoms with van der Waals surface area (Å²) in [4.78, 5) is 12.9. The summed E-state index contributed by atoms with van der Waals surface area (Å²) >= 11 is 5.79. The van der Waals surface area contributed by atoms with Gasteiger partial charge in [-0.15, -0.1) is 0 Å². The zero-order chi connectivity index (χ0) is 15.8. The summed E-state index contributed by atoms with van der Waals surface area (Å²) in [5.74, 6) is 1.60. The molecule has 0 radical (unpaired) electrons. The second kappa shape index (κ2) is 8.46. The van der Waals surface area contributed by atoms with E-state index in [2.05, 4.69) is 5.32 Å². The summed E-state index contributed by atoms with van der Waals surface area (Å²) in [7, 11) is 1.95. The Balaban J connectivity index is 1.60. The highest BCUT2D eigenvalue weighted by Crippen LogP contribution is 2.14. The molecule has 1 heterocycles. The second-order valence-corrected chi connectivity index (χ2v) is 5.48. The monoisotopic (exact) mass is 323 g/mol. The average Bonchev–Trinajstić information content (AvgIpc) is 2.98. The normalized spacial score (nSPS) is 11.9. The maximum Gasteiger partial charge on any atom is 0.275 e.